The summed E-state index contributed by atoms with van der Waals surface area (Å²) in [5.74, 6) is 1.09. The summed E-state index contributed by atoms with van der Waals surface area (Å²) in [5.41, 5.74) is 1.15. The van der Waals surface area contributed by atoms with Crippen molar-refractivity contribution in [1.82, 2.24) is 0 Å². The average Bonchev–Trinajstić information content (AvgIpc) is 3.10. The molecule has 0 spiro atoms. The summed E-state index contributed by atoms with van der Waals surface area (Å²) in [7, 11) is 0. The monoisotopic (exact) mass is 512 g/mol. The lowest BCUT2D eigenvalue weighted by molar-refractivity contribution is 0.0960. The number of thiophene rings is 1. The van der Waals surface area contributed by atoms with Crippen molar-refractivity contribution in [2.45, 2.75) is 18.2 Å². The van der Waals surface area contributed by atoms with Crippen LogP contribution in [0, 0.1) is 0 Å². The summed E-state index contributed by atoms with van der Waals surface area (Å²) in [6, 6.07) is 21.6. The summed E-state index contributed by atoms with van der Waals surface area (Å²) in [6.45, 7) is 3.63. The average molecular weight is 514 g/mol. The van der Waals surface area contributed by atoms with Gasteiger partial charge in [0.1, 0.15) is 11.5 Å². The Labute approximate surface area is 197 Å². The lowest BCUT2D eigenvalue weighted by Crippen LogP contribution is -2.23. The molecule has 4 aromatic rings. The van der Waals surface area contributed by atoms with Crippen molar-refractivity contribution >= 4 is 60.5 Å². The minimum Gasteiger partial charge on any atom is -0.457 e. The molecule has 156 valence electrons. The maximum absolute atomic E-state index is 12.9. The number of hydrogen-bond donors (Lipinski definition) is 0. The molecule has 3 nitrogen and oxygen atoms in total. The molecule has 31 heavy (non-hydrogen) atoms. The molecule has 3 aromatic carbocycles. The van der Waals surface area contributed by atoms with Gasteiger partial charge >= 0.3 is 0 Å². The number of ketones is 2. The number of rotatable bonds is 6. The van der Waals surface area contributed by atoms with Crippen molar-refractivity contribution in [2.75, 3.05) is 0 Å². The first kappa shape index (κ1) is 21.8. The van der Waals surface area contributed by atoms with E-state index < -0.39 is 4.32 Å². The van der Waals surface area contributed by atoms with E-state index in [1.807, 2.05) is 38.1 Å². The summed E-state index contributed by atoms with van der Waals surface area (Å²) in [5, 5.41) is 1.38. The van der Waals surface area contributed by atoms with Gasteiger partial charge in [0.25, 0.3) is 0 Å². The molecule has 0 radical (unpaired) electrons. The number of ether oxygens (including phenoxy) is 1. The van der Waals surface area contributed by atoms with Crippen molar-refractivity contribution in [3.63, 3.8) is 0 Å². The molecule has 0 saturated heterocycles. The van der Waals surface area contributed by atoms with Gasteiger partial charge in [-0.2, -0.15) is 0 Å². The molecule has 0 unspecified atom stereocenters. The highest BCUT2D eigenvalue weighted by atomic mass is 79.9. The molecule has 0 bridgehead atoms. The molecule has 0 atom stereocenters. The number of Topliss-reactive ketones (excluding diaryl/α,β-unsaturated/α-hetero) is 1. The molecule has 0 aliphatic heterocycles. The second-order valence-electron chi connectivity index (χ2n) is 7.52. The minimum absolute atomic E-state index is 0.00168. The van der Waals surface area contributed by atoms with Crippen LogP contribution in [-0.2, 0) is 0 Å². The molecule has 0 aliphatic carbocycles. The Bertz CT molecular complexity index is 1270. The fourth-order valence-corrected chi connectivity index (χ4v) is 4.83. The van der Waals surface area contributed by atoms with E-state index in [4.69, 9.17) is 16.3 Å². The lowest BCUT2D eigenvalue weighted by Gasteiger charge is -2.14. The fourth-order valence-electron chi connectivity index (χ4n) is 3.12. The van der Waals surface area contributed by atoms with Crippen molar-refractivity contribution in [3.05, 3.63) is 93.8 Å². The topological polar surface area (TPSA) is 43.4 Å². The third-order valence-electron chi connectivity index (χ3n) is 4.75. The number of hydrogen-bond acceptors (Lipinski definition) is 4. The maximum atomic E-state index is 12.9. The van der Waals surface area contributed by atoms with E-state index in [-0.39, 0.29) is 11.6 Å². The standard InChI is InChI=1S/C25H18BrClO3S/c1-25(2,26)24(29)16-9-13-18(14-10-16)30-17-11-7-15(8-12-17)22(28)23-21(27)19-5-3-4-6-20(19)31-23/h3-14H,1-2H3. The summed E-state index contributed by atoms with van der Waals surface area (Å²) < 4.78 is 6.22. The zero-order valence-electron chi connectivity index (χ0n) is 16.8. The first-order valence-corrected chi connectivity index (χ1v) is 11.6. The molecule has 0 amide bonds. The zero-order chi connectivity index (χ0) is 22.2. The predicted molar refractivity (Wildman–Crippen MR) is 131 cm³/mol. The second-order valence-corrected chi connectivity index (χ2v) is 10.9. The van der Waals surface area contributed by atoms with Gasteiger partial charge in [-0.25, -0.2) is 0 Å². The van der Waals surface area contributed by atoms with Crippen LogP contribution in [-0.4, -0.2) is 15.9 Å². The Hall–Kier alpha value is -2.47. The van der Waals surface area contributed by atoms with Crippen LogP contribution in [0.2, 0.25) is 5.02 Å². The van der Waals surface area contributed by atoms with Crippen molar-refractivity contribution in [1.29, 1.82) is 0 Å². The van der Waals surface area contributed by atoms with Crippen molar-refractivity contribution in [3.8, 4) is 11.5 Å². The van der Waals surface area contributed by atoms with Crippen LogP contribution in [0.1, 0.15) is 39.4 Å². The molecule has 1 aromatic heterocycles. The summed E-state index contributed by atoms with van der Waals surface area (Å²) in [4.78, 5) is 25.8. The fraction of sp³-hybridized carbons (Fsp3) is 0.120. The third kappa shape index (κ3) is 4.59. The Kier molecular flexibility index (Phi) is 6.02. The molecule has 1 heterocycles. The first-order chi connectivity index (χ1) is 14.7. The van der Waals surface area contributed by atoms with Crippen LogP contribution in [0.15, 0.2) is 72.8 Å². The maximum Gasteiger partial charge on any atom is 0.204 e. The number of carbonyl (C=O) groups excluding carboxylic acids is 2. The van der Waals surface area contributed by atoms with Gasteiger partial charge in [-0.15, -0.1) is 11.3 Å². The highest BCUT2D eigenvalue weighted by molar-refractivity contribution is 9.10. The van der Waals surface area contributed by atoms with Crippen LogP contribution < -0.4 is 4.74 Å². The van der Waals surface area contributed by atoms with E-state index in [0.717, 1.165) is 10.1 Å². The second kappa shape index (κ2) is 8.58. The Morgan fingerprint density at radius 2 is 1.42 bits per heavy atom. The minimum atomic E-state index is -0.616. The van der Waals surface area contributed by atoms with E-state index in [9.17, 15) is 9.59 Å². The normalized spacial score (nSPS) is 11.5. The Morgan fingerprint density at radius 3 is 1.97 bits per heavy atom. The molecule has 0 fully saturated rings. The highest BCUT2D eigenvalue weighted by Gasteiger charge is 2.25. The smallest absolute Gasteiger partial charge is 0.204 e. The van der Waals surface area contributed by atoms with Crippen LogP contribution in [0.3, 0.4) is 0 Å². The van der Waals surface area contributed by atoms with Crippen molar-refractivity contribution < 1.29 is 14.3 Å². The molecule has 6 heteroatoms. The summed E-state index contributed by atoms with van der Waals surface area (Å²) in [6.07, 6.45) is 0. The van der Waals surface area contributed by atoms with E-state index in [1.54, 1.807) is 48.5 Å². The summed E-state index contributed by atoms with van der Waals surface area (Å²) >= 11 is 11.2. The van der Waals surface area contributed by atoms with Gasteiger partial charge in [-0.05, 0) is 68.4 Å². The number of benzene rings is 3. The molecule has 0 aliphatic rings. The van der Waals surface area contributed by atoms with Crippen LogP contribution in [0.25, 0.3) is 10.1 Å². The van der Waals surface area contributed by atoms with Gasteiger partial charge in [0, 0.05) is 21.2 Å². The Balaban J connectivity index is 1.50. The van der Waals surface area contributed by atoms with E-state index in [0.29, 0.717) is 32.5 Å². The van der Waals surface area contributed by atoms with Crippen LogP contribution >= 0.6 is 38.9 Å². The molecule has 0 N–H and O–H groups in total. The highest BCUT2D eigenvalue weighted by Crippen LogP contribution is 2.36. The van der Waals surface area contributed by atoms with Gasteiger partial charge in [0.15, 0.2) is 5.78 Å². The van der Waals surface area contributed by atoms with E-state index in [2.05, 4.69) is 15.9 Å². The molecule has 0 saturated carbocycles. The lowest BCUT2D eigenvalue weighted by atomic mass is 10.0. The molecular weight excluding hydrogens is 496 g/mol. The Morgan fingerprint density at radius 1 is 0.871 bits per heavy atom. The largest absolute Gasteiger partial charge is 0.457 e. The zero-order valence-corrected chi connectivity index (χ0v) is 20.0. The molecular formula is C25H18BrClO3S. The van der Waals surface area contributed by atoms with Crippen LogP contribution in [0.5, 0.6) is 11.5 Å². The number of halogens is 2. The van der Waals surface area contributed by atoms with Gasteiger partial charge in [-0.3, -0.25) is 9.59 Å². The van der Waals surface area contributed by atoms with E-state index >= 15 is 0 Å². The quantitative estimate of drug-likeness (QED) is 0.194. The van der Waals surface area contributed by atoms with Gasteiger partial charge < -0.3 is 4.74 Å². The first-order valence-electron chi connectivity index (χ1n) is 9.57. The molecule has 4 rings (SSSR count). The third-order valence-corrected chi connectivity index (χ3v) is 6.78. The van der Waals surface area contributed by atoms with Crippen LogP contribution in [0.4, 0.5) is 0 Å². The van der Waals surface area contributed by atoms with Gasteiger partial charge in [0.2, 0.25) is 5.78 Å². The van der Waals surface area contributed by atoms with Gasteiger partial charge in [-0.1, -0.05) is 45.7 Å². The van der Waals surface area contributed by atoms with Gasteiger partial charge in [0.05, 0.1) is 14.2 Å². The van der Waals surface area contributed by atoms with Crippen molar-refractivity contribution in [2.24, 2.45) is 0 Å². The number of carbonyl (C=O) groups is 2. The SMILES string of the molecule is CC(C)(Br)C(=O)c1ccc(Oc2ccc(C(=O)c3sc4ccccc4c3Cl)cc2)cc1. The number of alkyl halides is 1. The van der Waals surface area contributed by atoms with E-state index in [1.165, 1.54) is 11.3 Å². The predicted octanol–water partition coefficient (Wildman–Crippen LogP) is 7.93. The number of fused-ring (bicyclic) bond motifs is 1.